The molecule has 2 aromatic carbocycles. The molecule has 148 valence electrons. The standard InChI is InChI=1S/C18H19N3O6S/c1-28(25,26)17-5-3-2-4-15(17)19-18(22)14-12-13(21(23)24)6-7-16(14)20-8-10-27-11-9-20/h2-7,12H,8-11H2,1H3,(H,19,22). The molecule has 28 heavy (non-hydrogen) atoms. The number of carbonyl (C=O) groups excluding carboxylic acids is 1. The number of sulfone groups is 1. The monoisotopic (exact) mass is 405 g/mol. The largest absolute Gasteiger partial charge is 0.378 e. The number of ether oxygens (including phenoxy) is 1. The number of rotatable bonds is 5. The van der Waals surface area contributed by atoms with Crippen LogP contribution in [0.15, 0.2) is 47.4 Å². The van der Waals surface area contributed by atoms with E-state index in [2.05, 4.69) is 5.32 Å². The Balaban J connectivity index is 2.01. The van der Waals surface area contributed by atoms with Gasteiger partial charge in [-0.2, -0.15) is 0 Å². The van der Waals surface area contributed by atoms with Crippen LogP contribution in [0.4, 0.5) is 17.1 Å². The quantitative estimate of drug-likeness (QED) is 0.597. The third-order valence-electron chi connectivity index (χ3n) is 4.32. The number of para-hydroxylation sites is 1. The van der Waals surface area contributed by atoms with Crippen LogP contribution in [0.3, 0.4) is 0 Å². The summed E-state index contributed by atoms with van der Waals surface area (Å²) in [6.45, 7) is 2.04. The van der Waals surface area contributed by atoms with Gasteiger partial charge in [0.2, 0.25) is 0 Å². The van der Waals surface area contributed by atoms with Gasteiger partial charge in [0, 0.05) is 31.5 Å². The Morgan fingerprint density at radius 1 is 1.18 bits per heavy atom. The van der Waals surface area contributed by atoms with Crippen molar-refractivity contribution >= 4 is 32.8 Å². The molecule has 0 atom stereocenters. The zero-order valence-electron chi connectivity index (χ0n) is 15.1. The third-order valence-corrected chi connectivity index (χ3v) is 5.48. The number of hydrogen-bond acceptors (Lipinski definition) is 7. The zero-order valence-corrected chi connectivity index (χ0v) is 15.9. The number of benzene rings is 2. The predicted octanol–water partition coefficient (Wildman–Crippen LogP) is 2.09. The maximum atomic E-state index is 12.9. The van der Waals surface area contributed by atoms with Gasteiger partial charge in [-0.25, -0.2) is 8.42 Å². The molecule has 9 nitrogen and oxygen atoms in total. The van der Waals surface area contributed by atoms with E-state index in [1.807, 2.05) is 4.90 Å². The normalized spacial score (nSPS) is 14.5. The number of amides is 1. The Bertz CT molecular complexity index is 1020. The summed E-state index contributed by atoms with van der Waals surface area (Å²) < 4.78 is 29.2. The van der Waals surface area contributed by atoms with Crippen LogP contribution in [-0.2, 0) is 14.6 Å². The summed E-state index contributed by atoms with van der Waals surface area (Å²) in [7, 11) is -3.56. The summed E-state index contributed by atoms with van der Waals surface area (Å²) in [4.78, 5) is 25.4. The minimum absolute atomic E-state index is 0.0262. The van der Waals surface area contributed by atoms with Crippen molar-refractivity contribution in [3.05, 3.63) is 58.1 Å². The van der Waals surface area contributed by atoms with Crippen LogP contribution < -0.4 is 10.2 Å². The van der Waals surface area contributed by atoms with E-state index in [0.717, 1.165) is 6.26 Å². The fourth-order valence-corrected chi connectivity index (χ4v) is 3.83. The number of nitro groups is 1. The van der Waals surface area contributed by atoms with E-state index in [9.17, 15) is 23.3 Å². The fraction of sp³-hybridized carbons (Fsp3) is 0.278. The second-order valence-electron chi connectivity index (χ2n) is 6.28. The molecule has 1 aliphatic heterocycles. The lowest BCUT2D eigenvalue weighted by Crippen LogP contribution is -2.37. The Hall–Kier alpha value is -2.98. The van der Waals surface area contributed by atoms with E-state index in [1.54, 1.807) is 12.1 Å². The van der Waals surface area contributed by atoms with Crippen molar-refractivity contribution in [2.45, 2.75) is 4.90 Å². The van der Waals surface area contributed by atoms with Gasteiger partial charge in [0.15, 0.2) is 9.84 Å². The highest BCUT2D eigenvalue weighted by Crippen LogP contribution is 2.28. The van der Waals surface area contributed by atoms with Crippen molar-refractivity contribution in [3.8, 4) is 0 Å². The van der Waals surface area contributed by atoms with Gasteiger partial charge >= 0.3 is 0 Å². The van der Waals surface area contributed by atoms with Crippen LogP contribution in [-0.4, -0.2) is 51.8 Å². The third kappa shape index (κ3) is 4.29. The number of hydrogen-bond donors (Lipinski definition) is 1. The van der Waals surface area contributed by atoms with E-state index in [-0.39, 0.29) is 21.8 Å². The number of non-ortho nitro benzene ring substituents is 1. The molecule has 1 saturated heterocycles. The van der Waals surface area contributed by atoms with E-state index in [1.165, 1.54) is 30.3 Å². The first-order valence-corrected chi connectivity index (χ1v) is 10.4. The molecule has 1 aliphatic rings. The number of carbonyl (C=O) groups is 1. The van der Waals surface area contributed by atoms with Crippen molar-refractivity contribution in [1.29, 1.82) is 0 Å². The van der Waals surface area contributed by atoms with Gasteiger partial charge in [0.05, 0.1) is 40.0 Å². The Morgan fingerprint density at radius 3 is 2.50 bits per heavy atom. The van der Waals surface area contributed by atoms with Gasteiger partial charge in [-0.3, -0.25) is 14.9 Å². The second kappa shape index (κ2) is 7.95. The molecule has 1 heterocycles. The van der Waals surface area contributed by atoms with Crippen molar-refractivity contribution in [1.82, 2.24) is 0 Å². The van der Waals surface area contributed by atoms with Gasteiger partial charge in [-0.05, 0) is 18.2 Å². The van der Waals surface area contributed by atoms with Crippen LogP contribution in [0.5, 0.6) is 0 Å². The van der Waals surface area contributed by atoms with Crippen LogP contribution >= 0.6 is 0 Å². The Morgan fingerprint density at radius 2 is 1.86 bits per heavy atom. The predicted molar refractivity (Wildman–Crippen MR) is 104 cm³/mol. The molecular formula is C18H19N3O6S. The van der Waals surface area contributed by atoms with Gasteiger partial charge in [0.1, 0.15) is 0 Å². The van der Waals surface area contributed by atoms with Crippen molar-refractivity contribution in [3.63, 3.8) is 0 Å². The molecule has 0 aromatic heterocycles. The number of nitrogens with zero attached hydrogens (tertiary/aromatic N) is 2. The van der Waals surface area contributed by atoms with Gasteiger partial charge in [-0.1, -0.05) is 12.1 Å². The number of nitrogens with one attached hydrogen (secondary N) is 1. The van der Waals surface area contributed by atoms with Gasteiger partial charge in [-0.15, -0.1) is 0 Å². The summed E-state index contributed by atoms with van der Waals surface area (Å²) >= 11 is 0. The van der Waals surface area contributed by atoms with Gasteiger partial charge in [0.25, 0.3) is 11.6 Å². The maximum absolute atomic E-state index is 12.9. The molecule has 0 saturated carbocycles. The number of morpholine rings is 1. The van der Waals surface area contributed by atoms with Crippen LogP contribution in [0.25, 0.3) is 0 Å². The van der Waals surface area contributed by atoms with Crippen molar-refractivity contribution in [2.24, 2.45) is 0 Å². The second-order valence-corrected chi connectivity index (χ2v) is 8.26. The molecule has 0 bridgehead atoms. The Kier molecular flexibility index (Phi) is 5.61. The highest BCUT2D eigenvalue weighted by atomic mass is 32.2. The first kappa shape index (κ1) is 19.8. The average molecular weight is 405 g/mol. The molecule has 10 heteroatoms. The molecule has 0 spiro atoms. The number of nitro benzene ring substituents is 1. The minimum atomic E-state index is -3.56. The van der Waals surface area contributed by atoms with Gasteiger partial charge < -0.3 is 15.0 Å². The van der Waals surface area contributed by atoms with Crippen LogP contribution in [0.1, 0.15) is 10.4 Å². The van der Waals surface area contributed by atoms with Crippen molar-refractivity contribution in [2.75, 3.05) is 42.8 Å². The SMILES string of the molecule is CS(=O)(=O)c1ccccc1NC(=O)c1cc([N+](=O)[O-])ccc1N1CCOCC1. The van der Waals surface area contributed by atoms with E-state index < -0.39 is 20.7 Å². The van der Waals surface area contributed by atoms with E-state index >= 15 is 0 Å². The minimum Gasteiger partial charge on any atom is -0.378 e. The zero-order chi connectivity index (χ0) is 20.3. The summed E-state index contributed by atoms with van der Waals surface area (Å²) in [5.74, 6) is -0.624. The smallest absolute Gasteiger partial charge is 0.270 e. The fourth-order valence-electron chi connectivity index (χ4n) is 2.98. The van der Waals surface area contributed by atoms with E-state index in [4.69, 9.17) is 4.74 Å². The summed E-state index contributed by atoms with van der Waals surface area (Å²) in [6, 6.07) is 10.1. The maximum Gasteiger partial charge on any atom is 0.270 e. The lowest BCUT2D eigenvalue weighted by atomic mass is 10.1. The average Bonchev–Trinajstić information content (AvgIpc) is 2.67. The lowest BCUT2D eigenvalue weighted by Gasteiger charge is -2.30. The van der Waals surface area contributed by atoms with Crippen LogP contribution in [0, 0.1) is 10.1 Å². The number of anilines is 2. The molecule has 2 aromatic rings. The molecule has 0 radical (unpaired) electrons. The van der Waals surface area contributed by atoms with Crippen LogP contribution in [0.2, 0.25) is 0 Å². The summed E-state index contributed by atoms with van der Waals surface area (Å²) in [6.07, 6.45) is 1.05. The molecule has 1 amide bonds. The highest BCUT2D eigenvalue weighted by molar-refractivity contribution is 7.90. The van der Waals surface area contributed by atoms with E-state index in [0.29, 0.717) is 32.0 Å². The summed E-state index contributed by atoms with van der Waals surface area (Å²) in [5.41, 5.74) is 0.524. The molecule has 3 rings (SSSR count). The first-order chi connectivity index (χ1) is 13.3. The molecule has 1 fully saturated rings. The topological polar surface area (TPSA) is 119 Å². The molecule has 0 unspecified atom stereocenters. The lowest BCUT2D eigenvalue weighted by molar-refractivity contribution is -0.384. The highest BCUT2D eigenvalue weighted by Gasteiger charge is 2.23. The Labute approximate surface area is 162 Å². The molecular weight excluding hydrogens is 386 g/mol. The molecule has 1 N–H and O–H groups in total. The molecule has 0 aliphatic carbocycles. The summed E-state index contributed by atoms with van der Waals surface area (Å²) in [5, 5.41) is 13.7. The first-order valence-electron chi connectivity index (χ1n) is 8.49. The van der Waals surface area contributed by atoms with Crippen molar-refractivity contribution < 1.29 is 22.9 Å².